The Morgan fingerprint density at radius 3 is 2.81 bits per heavy atom. The van der Waals surface area contributed by atoms with Gasteiger partial charge in [0.25, 0.3) is 0 Å². The summed E-state index contributed by atoms with van der Waals surface area (Å²) in [5, 5.41) is 0.655. The second-order valence-corrected chi connectivity index (χ2v) is 5.75. The Labute approximate surface area is 102 Å². The monoisotopic (exact) mass is 237 g/mol. The van der Waals surface area contributed by atoms with Gasteiger partial charge in [-0.05, 0) is 37.0 Å². The molecule has 1 aliphatic rings. The van der Waals surface area contributed by atoms with Gasteiger partial charge in [0.15, 0.2) is 0 Å². The van der Waals surface area contributed by atoms with E-state index in [0.717, 1.165) is 12.2 Å². The van der Waals surface area contributed by atoms with Crippen molar-refractivity contribution in [1.82, 2.24) is 0 Å². The van der Waals surface area contributed by atoms with Gasteiger partial charge in [0.1, 0.15) is 5.75 Å². The number of ether oxygens (including phenoxy) is 1. The topological polar surface area (TPSA) is 35.2 Å². The molecule has 1 aliphatic carbocycles. The number of rotatable bonds is 3. The van der Waals surface area contributed by atoms with Gasteiger partial charge in [0.05, 0.1) is 7.11 Å². The fraction of sp³-hybridized carbons (Fsp3) is 0.538. The molecule has 1 saturated carbocycles. The molecule has 0 saturated heterocycles. The summed E-state index contributed by atoms with van der Waals surface area (Å²) in [7, 11) is 1.71. The Hall–Kier alpha value is -0.670. The molecule has 88 valence electrons. The van der Waals surface area contributed by atoms with E-state index in [0.29, 0.717) is 17.2 Å². The fourth-order valence-electron chi connectivity index (χ4n) is 2.17. The van der Waals surface area contributed by atoms with E-state index in [1.165, 1.54) is 11.3 Å². The number of methoxy groups -OCH3 is 1. The Morgan fingerprint density at radius 2 is 2.19 bits per heavy atom. The highest BCUT2D eigenvalue weighted by Gasteiger charge is 2.30. The minimum Gasteiger partial charge on any atom is -0.497 e. The lowest BCUT2D eigenvalue weighted by atomic mass is 10.1. The molecule has 0 spiro atoms. The third-order valence-corrected chi connectivity index (χ3v) is 4.87. The third kappa shape index (κ3) is 2.53. The van der Waals surface area contributed by atoms with Crippen LogP contribution < -0.4 is 10.5 Å². The second kappa shape index (κ2) is 5.11. The fourth-order valence-corrected chi connectivity index (χ4v) is 3.54. The van der Waals surface area contributed by atoms with Gasteiger partial charge in [-0.25, -0.2) is 0 Å². The van der Waals surface area contributed by atoms with Crippen LogP contribution in [0.3, 0.4) is 0 Å². The third-order valence-electron chi connectivity index (χ3n) is 3.37. The van der Waals surface area contributed by atoms with Gasteiger partial charge in [-0.2, -0.15) is 0 Å². The van der Waals surface area contributed by atoms with Crippen molar-refractivity contribution in [3.63, 3.8) is 0 Å². The van der Waals surface area contributed by atoms with E-state index in [4.69, 9.17) is 10.5 Å². The van der Waals surface area contributed by atoms with Gasteiger partial charge >= 0.3 is 0 Å². The molecule has 0 bridgehead atoms. The number of hydrogen-bond acceptors (Lipinski definition) is 3. The average molecular weight is 237 g/mol. The van der Waals surface area contributed by atoms with E-state index in [1.807, 2.05) is 23.9 Å². The van der Waals surface area contributed by atoms with Gasteiger partial charge in [-0.3, -0.25) is 0 Å². The van der Waals surface area contributed by atoms with E-state index >= 15 is 0 Å². The Morgan fingerprint density at radius 1 is 1.38 bits per heavy atom. The van der Waals surface area contributed by atoms with Crippen LogP contribution in [0, 0.1) is 5.92 Å². The van der Waals surface area contributed by atoms with Gasteiger partial charge < -0.3 is 10.5 Å². The lowest BCUT2D eigenvalue weighted by molar-refractivity contribution is 0.413. The molecule has 3 heteroatoms. The van der Waals surface area contributed by atoms with E-state index in [9.17, 15) is 0 Å². The molecule has 1 fully saturated rings. The quantitative estimate of drug-likeness (QED) is 0.878. The van der Waals surface area contributed by atoms with Crippen LogP contribution in [0.1, 0.15) is 19.8 Å². The minimum absolute atomic E-state index is 0.378. The maximum absolute atomic E-state index is 6.04. The molecular formula is C13H19NOS. The van der Waals surface area contributed by atoms with Crippen LogP contribution in [0.5, 0.6) is 5.75 Å². The predicted molar refractivity (Wildman–Crippen MR) is 69.0 cm³/mol. The maximum Gasteiger partial charge on any atom is 0.119 e. The van der Waals surface area contributed by atoms with Crippen molar-refractivity contribution >= 4 is 11.8 Å². The summed E-state index contributed by atoms with van der Waals surface area (Å²) in [6.45, 7) is 2.26. The smallest absolute Gasteiger partial charge is 0.119 e. The van der Waals surface area contributed by atoms with Gasteiger partial charge in [0, 0.05) is 16.2 Å². The van der Waals surface area contributed by atoms with E-state index < -0.39 is 0 Å². The lowest BCUT2D eigenvalue weighted by Gasteiger charge is -2.17. The summed E-state index contributed by atoms with van der Waals surface area (Å²) >= 11 is 1.93. The Balaban J connectivity index is 2.03. The van der Waals surface area contributed by atoms with Crippen molar-refractivity contribution in [3.8, 4) is 5.75 Å². The van der Waals surface area contributed by atoms with Crippen molar-refractivity contribution < 1.29 is 4.74 Å². The summed E-state index contributed by atoms with van der Waals surface area (Å²) in [5.74, 6) is 1.54. The van der Waals surface area contributed by atoms with Crippen LogP contribution in [0.4, 0.5) is 0 Å². The zero-order valence-electron chi connectivity index (χ0n) is 9.85. The first kappa shape index (κ1) is 11.8. The second-order valence-electron chi connectivity index (χ2n) is 4.44. The lowest BCUT2D eigenvalue weighted by Crippen LogP contribution is -2.25. The first-order chi connectivity index (χ1) is 7.70. The molecule has 2 N–H and O–H groups in total. The van der Waals surface area contributed by atoms with Crippen LogP contribution in [0.15, 0.2) is 29.2 Å². The van der Waals surface area contributed by atoms with Crippen molar-refractivity contribution in [2.24, 2.45) is 11.7 Å². The van der Waals surface area contributed by atoms with Gasteiger partial charge in [0.2, 0.25) is 0 Å². The summed E-state index contributed by atoms with van der Waals surface area (Å²) < 4.78 is 5.23. The molecule has 1 aromatic rings. The van der Waals surface area contributed by atoms with Crippen LogP contribution in [0.2, 0.25) is 0 Å². The normalized spacial score (nSPS) is 29.3. The van der Waals surface area contributed by atoms with Crippen LogP contribution >= 0.6 is 11.8 Å². The van der Waals surface area contributed by atoms with E-state index in [1.54, 1.807) is 7.11 Å². The first-order valence-electron chi connectivity index (χ1n) is 5.77. The van der Waals surface area contributed by atoms with E-state index in [2.05, 4.69) is 19.1 Å². The van der Waals surface area contributed by atoms with Gasteiger partial charge in [-0.1, -0.05) is 13.0 Å². The van der Waals surface area contributed by atoms with Crippen molar-refractivity contribution in [3.05, 3.63) is 24.3 Å². The molecule has 0 amide bonds. The Bertz CT molecular complexity index is 356. The van der Waals surface area contributed by atoms with Crippen LogP contribution in [-0.4, -0.2) is 18.4 Å². The maximum atomic E-state index is 6.04. The Kier molecular flexibility index (Phi) is 3.77. The molecule has 0 radical (unpaired) electrons. The predicted octanol–water partition coefficient (Wildman–Crippen LogP) is 2.91. The molecule has 2 rings (SSSR count). The zero-order chi connectivity index (χ0) is 11.5. The molecule has 1 aromatic carbocycles. The van der Waals surface area contributed by atoms with Gasteiger partial charge in [-0.15, -0.1) is 11.8 Å². The molecule has 0 heterocycles. The first-order valence-corrected chi connectivity index (χ1v) is 6.65. The number of hydrogen-bond donors (Lipinski definition) is 1. The summed E-state index contributed by atoms with van der Waals surface area (Å²) in [4.78, 5) is 1.28. The highest BCUT2D eigenvalue weighted by atomic mass is 32.2. The molecule has 0 aliphatic heterocycles. The van der Waals surface area contributed by atoms with Crippen LogP contribution in [0.25, 0.3) is 0 Å². The van der Waals surface area contributed by atoms with Crippen LogP contribution in [-0.2, 0) is 0 Å². The molecular weight excluding hydrogens is 218 g/mol. The SMILES string of the molecule is COc1cccc(SC2CCC(N)C2C)c1. The number of thioether (sulfide) groups is 1. The zero-order valence-corrected chi connectivity index (χ0v) is 10.7. The highest BCUT2D eigenvalue weighted by Crippen LogP contribution is 2.38. The van der Waals surface area contributed by atoms with E-state index in [-0.39, 0.29) is 0 Å². The van der Waals surface area contributed by atoms with Crippen molar-refractivity contribution in [2.45, 2.75) is 36.0 Å². The average Bonchev–Trinajstić information content (AvgIpc) is 2.61. The largest absolute Gasteiger partial charge is 0.497 e. The van der Waals surface area contributed by atoms with Crippen molar-refractivity contribution in [2.75, 3.05) is 7.11 Å². The molecule has 3 unspecified atom stereocenters. The standard InChI is InChI=1S/C13H19NOS/c1-9-12(14)6-7-13(9)16-11-5-3-4-10(8-11)15-2/h3-5,8-9,12-13H,6-7,14H2,1-2H3. The van der Waals surface area contributed by atoms with Crippen molar-refractivity contribution in [1.29, 1.82) is 0 Å². The summed E-state index contributed by atoms with van der Waals surface area (Å²) in [6.07, 6.45) is 2.38. The number of benzene rings is 1. The number of nitrogens with two attached hydrogens (primary N) is 1. The minimum atomic E-state index is 0.378. The summed E-state index contributed by atoms with van der Waals surface area (Å²) in [5.41, 5.74) is 6.04. The summed E-state index contributed by atoms with van der Waals surface area (Å²) in [6, 6.07) is 8.64. The molecule has 3 atom stereocenters. The molecule has 0 aromatic heterocycles. The molecule has 16 heavy (non-hydrogen) atoms. The molecule has 2 nitrogen and oxygen atoms in total. The highest BCUT2D eigenvalue weighted by molar-refractivity contribution is 8.00.